The van der Waals surface area contributed by atoms with E-state index in [0.29, 0.717) is 6.10 Å². The molecule has 1 aromatic carbocycles. The number of benzene rings is 1. The molecule has 1 unspecified atom stereocenters. The van der Waals surface area contributed by atoms with Crippen molar-refractivity contribution in [2.75, 3.05) is 7.11 Å². The molecule has 1 aromatic heterocycles. The van der Waals surface area contributed by atoms with Crippen LogP contribution < -0.4 is 15.2 Å². The van der Waals surface area contributed by atoms with Gasteiger partial charge in [0.2, 0.25) is 0 Å². The standard InChI is InChI=1S/C18H24N2O3/c1-12(9-14-11-19-18(21)20-14)13-7-8-16(22-2)17(10-13)23-15-5-3-4-6-15/h7-8,10-12,15H,3-6,9H2,1-2H3,(H2,19,20,21). The molecule has 3 rings (SSSR count). The molecule has 5 nitrogen and oxygen atoms in total. The van der Waals surface area contributed by atoms with Gasteiger partial charge in [-0.25, -0.2) is 4.79 Å². The van der Waals surface area contributed by atoms with Gasteiger partial charge in [0, 0.05) is 11.9 Å². The third-order valence-electron chi connectivity index (χ3n) is 4.53. The Balaban J connectivity index is 1.77. The third kappa shape index (κ3) is 3.78. The minimum Gasteiger partial charge on any atom is -0.493 e. The van der Waals surface area contributed by atoms with Crippen molar-refractivity contribution in [1.29, 1.82) is 0 Å². The number of aromatic amines is 2. The molecular formula is C18H24N2O3. The van der Waals surface area contributed by atoms with Crippen LogP contribution in [-0.2, 0) is 6.42 Å². The molecule has 1 heterocycles. The van der Waals surface area contributed by atoms with Crippen LogP contribution in [0.3, 0.4) is 0 Å². The van der Waals surface area contributed by atoms with E-state index in [4.69, 9.17) is 9.47 Å². The van der Waals surface area contributed by atoms with Gasteiger partial charge in [-0.2, -0.15) is 0 Å². The van der Waals surface area contributed by atoms with E-state index >= 15 is 0 Å². The summed E-state index contributed by atoms with van der Waals surface area (Å²) in [5, 5.41) is 0. The van der Waals surface area contributed by atoms with Crippen molar-refractivity contribution in [2.24, 2.45) is 0 Å². The fraction of sp³-hybridized carbons (Fsp3) is 0.500. The number of nitrogens with one attached hydrogen (secondary N) is 2. The summed E-state index contributed by atoms with van der Waals surface area (Å²) in [4.78, 5) is 16.6. The Kier molecular flexibility index (Phi) is 4.74. The molecule has 0 saturated heterocycles. The molecule has 23 heavy (non-hydrogen) atoms. The fourth-order valence-corrected chi connectivity index (χ4v) is 3.21. The number of hydrogen-bond donors (Lipinski definition) is 2. The third-order valence-corrected chi connectivity index (χ3v) is 4.53. The molecule has 0 radical (unpaired) electrons. The SMILES string of the molecule is COc1ccc(C(C)Cc2c[nH]c(=O)[nH]2)cc1OC1CCCC1. The predicted octanol–water partition coefficient (Wildman–Crippen LogP) is 3.38. The summed E-state index contributed by atoms with van der Waals surface area (Å²) in [5.74, 6) is 1.88. The number of rotatable bonds is 6. The van der Waals surface area contributed by atoms with Gasteiger partial charge in [0.25, 0.3) is 0 Å². The van der Waals surface area contributed by atoms with Crippen LogP contribution in [0.25, 0.3) is 0 Å². The maximum atomic E-state index is 11.2. The van der Waals surface area contributed by atoms with Crippen molar-refractivity contribution >= 4 is 0 Å². The lowest BCUT2D eigenvalue weighted by Gasteiger charge is -2.18. The predicted molar refractivity (Wildman–Crippen MR) is 89.4 cm³/mol. The summed E-state index contributed by atoms with van der Waals surface area (Å²) >= 11 is 0. The summed E-state index contributed by atoms with van der Waals surface area (Å²) in [6.07, 6.45) is 7.52. The van der Waals surface area contributed by atoms with Gasteiger partial charge in [-0.05, 0) is 55.7 Å². The van der Waals surface area contributed by atoms with E-state index in [2.05, 4.69) is 29.0 Å². The van der Waals surface area contributed by atoms with E-state index in [1.807, 2.05) is 6.07 Å². The van der Waals surface area contributed by atoms with Crippen LogP contribution in [0.15, 0.2) is 29.2 Å². The summed E-state index contributed by atoms with van der Waals surface area (Å²) in [6, 6.07) is 6.11. The molecule has 2 N–H and O–H groups in total. The largest absolute Gasteiger partial charge is 0.493 e. The Morgan fingerprint density at radius 1 is 1.26 bits per heavy atom. The lowest BCUT2D eigenvalue weighted by Crippen LogP contribution is -2.12. The van der Waals surface area contributed by atoms with E-state index in [9.17, 15) is 4.79 Å². The van der Waals surface area contributed by atoms with Crippen molar-refractivity contribution in [3.63, 3.8) is 0 Å². The van der Waals surface area contributed by atoms with E-state index in [0.717, 1.165) is 36.5 Å². The van der Waals surface area contributed by atoms with E-state index < -0.39 is 0 Å². The Morgan fingerprint density at radius 2 is 2.04 bits per heavy atom. The molecule has 1 aliphatic carbocycles. The monoisotopic (exact) mass is 316 g/mol. The number of aromatic nitrogens is 2. The van der Waals surface area contributed by atoms with Gasteiger partial charge in [0.15, 0.2) is 11.5 Å². The van der Waals surface area contributed by atoms with Gasteiger partial charge in [0.1, 0.15) is 0 Å². The van der Waals surface area contributed by atoms with E-state index in [-0.39, 0.29) is 11.6 Å². The second kappa shape index (κ2) is 6.94. The Hall–Kier alpha value is -2.17. The van der Waals surface area contributed by atoms with Crippen LogP contribution in [0.4, 0.5) is 0 Å². The van der Waals surface area contributed by atoms with Crippen molar-refractivity contribution in [3.8, 4) is 11.5 Å². The van der Waals surface area contributed by atoms with Crippen LogP contribution in [0.5, 0.6) is 11.5 Å². The van der Waals surface area contributed by atoms with Crippen LogP contribution in [0.1, 0.15) is 49.8 Å². The molecule has 1 fully saturated rings. The summed E-state index contributed by atoms with van der Waals surface area (Å²) in [6.45, 7) is 2.15. The molecule has 1 saturated carbocycles. The number of methoxy groups -OCH3 is 1. The topological polar surface area (TPSA) is 67.1 Å². The first-order valence-corrected chi connectivity index (χ1v) is 8.27. The highest BCUT2D eigenvalue weighted by molar-refractivity contribution is 5.44. The Morgan fingerprint density at radius 3 is 2.70 bits per heavy atom. The van der Waals surface area contributed by atoms with Gasteiger partial charge < -0.3 is 19.4 Å². The molecule has 124 valence electrons. The zero-order valence-electron chi connectivity index (χ0n) is 13.7. The minimum atomic E-state index is -0.160. The quantitative estimate of drug-likeness (QED) is 0.858. The highest BCUT2D eigenvalue weighted by Gasteiger charge is 2.19. The first-order chi connectivity index (χ1) is 11.2. The molecule has 0 bridgehead atoms. The van der Waals surface area contributed by atoms with Crippen LogP contribution in [-0.4, -0.2) is 23.2 Å². The first kappa shape index (κ1) is 15.7. The summed E-state index contributed by atoms with van der Waals surface area (Å²) < 4.78 is 11.6. The first-order valence-electron chi connectivity index (χ1n) is 8.27. The molecule has 1 aliphatic rings. The van der Waals surface area contributed by atoms with Crippen molar-refractivity contribution in [1.82, 2.24) is 9.97 Å². The van der Waals surface area contributed by atoms with Crippen LogP contribution in [0.2, 0.25) is 0 Å². The van der Waals surface area contributed by atoms with Gasteiger partial charge in [0.05, 0.1) is 13.2 Å². The lowest BCUT2D eigenvalue weighted by molar-refractivity contribution is 0.200. The number of imidazole rings is 1. The highest BCUT2D eigenvalue weighted by Crippen LogP contribution is 2.34. The van der Waals surface area contributed by atoms with Crippen molar-refractivity contribution in [2.45, 2.75) is 51.0 Å². The van der Waals surface area contributed by atoms with Gasteiger partial charge in [-0.15, -0.1) is 0 Å². The Bertz CT molecular complexity index is 698. The van der Waals surface area contributed by atoms with E-state index in [1.54, 1.807) is 13.3 Å². The van der Waals surface area contributed by atoms with Crippen LogP contribution >= 0.6 is 0 Å². The molecule has 5 heteroatoms. The van der Waals surface area contributed by atoms with Gasteiger partial charge >= 0.3 is 5.69 Å². The number of hydrogen-bond acceptors (Lipinski definition) is 3. The maximum Gasteiger partial charge on any atom is 0.323 e. The second-order valence-corrected chi connectivity index (χ2v) is 6.31. The highest BCUT2D eigenvalue weighted by atomic mass is 16.5. The van der Waals surface area contributed by atoms with E-state index in [1.165, 1.54) is 18.4 Å². The zero-order valence-corrected chi connectivity index (χ0v) is 13.7. The molecule has 0 amide bonds. The fourth-order valence-electron chi connectivity index (χ4n) is 3.21. The molecule has 0 spiro atoms. The zero-order chi connectivity index (χ0) is 16.2. The Labute approximate surface area is 136 Å². The summed E-state index contributed by atoms with van der Waals surface area (Å²) in [5.41, 5.74) is 1.93. The van der Waals surface area contributed by atoms with Crippen molar-refractivity contribution < 1.29 is 9.47 Å². The average molecular weight is 316 g/mol. The van der Waals surface area contributed by atoms with Gasteiger partial charge in [-0.1, -0.05) is 13.0 Å². The second-order valence-electron chi connectivity index (χ2n) is 6.31. The number of ether oxygens (including phenoxy) is 2. The smallest absolute Gasteiger partial charge is 0.323 e. The molecule has 2 aromatic rings. The maximum absolute atomic E-state index is 11.2. The summed E-state index contributed by atoms with van der Waals surface area (Å²) in [7, 11) is 1.67. The lowest BCUT2D eigenvalue weighted by atomic mass is 9.96. The normalized spacial score (nSPS) is 16.4. The molecular weight excluding hydrogens is 292 g/mol. The molecule has 0 aliphatic heterocycles. The van der Waals surface area contributed by atoms with Crippen LogP contribution in [0, 0.1) is 0 Å². The minimum absolute atomic E-state index is 0.160. The molecule has 1 atom stereocenters. The van der Waals surface area contributed by atoms with Gasteiger partial charge in [-0.3, -0.25) is 0 Å². The number of H-pyrrole nitrogens is 2. The van der Waals surface area contributed by atoms with Crippen molar-refractivity contribution in [3.05, 3.63) is 46.1 Å². The average Bonchev–Trinajstić information content (AvgIpc) is 3.19.